The summed E-state index contributed by atoms with van der Waals surface area (Å²) < 4.78 is 1.90. The van der Waals surface area contributed by atoms with Crippen molar-refractivity contribution in [3.63, 3.8) is 0 Å². The third kappa shape index (κ3) is 4.49. The molecule has 3 aromatic rings. The molecule has 120 valence electrons. The zero-order chi connectivity index (χ0) is 16.1. The van der Waals surface area contributed by atoms with Crippen LogP contribution < -0.4 is 5.32 Å². The van der Waals surface area contributed by atoms with E-state index in [-0.39, 0.29) is 11.9 Å². The molecule has 0 saturated carbocycles. The normalized spacial score (nSPS) is 12.2. The van der Waals surface area contributed by atoms with Crippen LogP contribution in [0.15, 0.2) is 40.9 Å². The van der Waals surface area contributed by atoms with E-state index in [1.807, 2.05) is 23.1 Å². The molecule has 1 amide bonds. The fourth-order valence-corrected chi connectivity index (χ4v) is 3.82. The Bertz CT molecular complexity index is 734. The van der Waals surface area contributed by atoms with Gasteiger partial charge in [-0.2, -0.15) is 11.3 Å². The van der Waals surface area contributed by atoms with Gasteiger partial charge in [0.2, 0.25) is 5.91 Å². The van der Waals surface area contributed by atoms with E-state index in [9.17, 15) is 4.79 Å². The summed E-state index contributed by atoms with van der Waals surface area (Å²) >= 11 is 3.27. The summed E-state index contributed by atoms with van der Waals surface area (Å²) in [5.41, 5.74) is 2.22. The molecule has 0 radical (unpaired) electrons. The molecule has 0 aliphatic rings. The lowest BCUT2D eigenvalue weighted by atomic mass is 10.1. The van der Waals surface area contributed by atoms with Gasteiger partial charge < -0.3 is 9.88 Å². The average molecular weight is 346 g/mol. The summed E-state index contributed by atoms with van der Waals surface area (Å²) in [5, 5.41) is 10.3. The molecule has 1 atom stereocenters. The number of hydrogen-bond acceptors (Lipinski definition) is 5. The van der Waals surface area contributed by atoms with Crippen LogP contribution in [-0.4, -0.2) is 20.4 Å². The molecular formula is C16H18N4OS2. The summed E-state index contributed by atoms with van der Waals surface area (Å²) in [6.07, 6.45) is 6.50. The molecule has 0 aliphatic heterocycles. The minimum atomic E-state index is -0.0708. The van der Waals surface area contributed by atoms with E-state index in [2.05, 4.69) is 32.1 Å². The Kier molecular flexibility index (Phi) is 5.19. The van der Waals surface area contributed by atoms with Crippen LogP contribution in [0.25, 0.3) is 0 Å². The number of aromatic nitrogens is 3. The zero-order valence-electron chi connectivity index (χ0n) is 12.8. The zero-order valence-corrected chi connectivity index (χ0v) is 14.4. The molecule has 0 saturated heterocycles. The van der Waals surface area contributed by atoms with E-state index in [0.717, 1.165) is 17.1 Å². The first kappa shape index (κ1) is 15.9. The molecule has 23 heavy (non-hydrogen) atoms. The summed E-state index contributed by atoms with van der Waals surface area (Å²) in [4.78, 5) is 20.8. The van der Waals surface area contributed by atoms with Gasteiger partial charge in [-0.05, 0) is 29.3 Å². The number of imidazole rings is 1. The molecule has 0 unspecified atom stereocenters. The first-order valence-corrected chi connectivity index (χ1v) is 9.21. The summed E-state index contributed by atoms with van der Waals surface area (Å²) in [6, 6.07) is 2.02. The maximum Gasteiger partial charge on any atom is 0.222 e. The van der Waals surface area contributed by atoms with Crippen LogP contribution in [0.4, 0.5) is 0 Å². The molecule has 1 N–H and O–H groups in total. The number of aryl methyl sites for hydroxylation is 2. The monoisotopic (exact) mass is 346 g/mol. The fraction of sp³-hybridized carbons (Fsp3) is 0.312. The summed E-state index contributed by atoms with van der Waals surface area (Å²) in [7, 11) is 0. The highest BCUT2D eigenvalue weighted by atomic mass is 32.1. The molecule has 7 heteroatoms. The van der Waals surface area contributed by atoms with Gasteiger partial charge in [0, 0.05) is 42.9 Å². The first-order valence-electron chi connectivity index (χ1n) is 7.39. The van der Waals surface area contributed by atoms with E-state index >= 15 is 0 Å². The largest absolute Gasteiger partial charge is 0.346 e. The smallest absolute Gasteiger partial charge is 0.222 e. The van der Waals surface area contributed by atoms with Gasteiger partial charge in [0.1, 0.15) is 5.01 Å². The van der Waals surface area contributed by atoms with Crippen molar-refractivity contribution in [3.05, 3.63) is 57.2 Å². The maximum atomic E-state index is 12.3. The third-order valence-electron chi connectivity index (χ3n) is 3.45. The van der Waals surface area contributed by atoms with E-state index < -0.39 is 0 Å². The van der Waals surface area contributed by atoms with Crippen LogP contribution in [0.2, 0.25) is 0 Å². The second-order valence-corrected chi connectivity index (χ2v) is 7.00. The molecule has 0 bridgehead atoms. The quantitative estimate of drug-likeness (QED) is 0.715. The van der Waals surface area contributed by atoms with Gasteiger partial charge in [0.25, 0.3) is 0 Å². The fourth-order valence-electron chi connectivity index (χ4n) is 2.29. The summed E-state index contributed by atoms with van der Waals surface area (Å²) in [5.74, 6) is 0.0341. The van der Waals surface area contributed by atoms with Crippen molar-refractivity contribution < 1.29 is 4.79 Å². The maximum absolute atomic E-state index is 12.3. The van der Waals surface area contributed by atoms with Crippen LogP contribution in [-0.2, 0) is 17.8 Å². The lowest BCUT2D eigenvalue weighted by Gasteiger charge is -2.16. The predicted molar refractivity (Wildman–Crippen MR) is 92.6 cm³/mol. The van der Waals surface area contributed by atoms with E-state index in [4.69, 9.17) is 0 Å². The molecule has 5 nitrogen and oxygen atoms in total. The second kappa shape index (κ2) is 7.52. The van der Waals surface area contributed by atoms with Gasteiger partial charge in [-0.1, -0.05) is 0 Å². The van der Waals surface area contributed by atoms with Crippen LogP contribution in [0, 0.1) is 6.92 Å². The number of thiazole rings is 1. The van der Waals surface area contributed by atoms with Crippen LogP contribution in [0.5, 0.6) is 0 Å². The van der Waals surface area contributed by atoms with Crippen molar-refractivity contribution in [1.82, 2.24) is 19.9 Å². The molecule has 0 aromatic carbocycles. The molecule has 0 fully saturated rings. The Morgan fingerprint density at radius 3 is 3.00 bits per heavy atom. The van der Waals surface area contributed by atoms with Crippen molar-refractivity contribution in [2.45, 2.75) is 32.4 Å². The minimum Gasteiger partial charge on any atom is -0.346 e. The molecule has 0 aliphatic carbocycles. The first-order chi connectivity index (χ1) is 11.2. The van der Waals surface area contributed by atoms with Gasteiger partial charge in [-0.15, -0.1) is 11.3 Å². The Labute approximate surface area is 143 Å². The van der Waals surface area contributed by atoms with E-state index in [1.165, 1.54) is 5.56 Å². The van der Waals surface area contributed by atoms with Crippen molar-refractivity contribution in [2.24, 2.45) is 0 Å². The van der Waals surface area contributed by atoms with Gasteiger partial charge in [-0.3, -0.25) is 4.79 Å². The number of thiophene rings is 1. The summed E-state index contributed by atoms with van der Waals surface area (Å²) in [6.45, 7) is 2.61. The number of nitrogens with zero attached hydrogens (tertiary/aromatic N) is 3. The number of amides is 1. The Morgan fingerprint density at radius 1 is 1.43 bits per heavy atom. The van der Waals surface area contributed by atoms with Crippen molar-refractivity contribution in [1.29, 1.82) is 0 Å². The lowest BCUT2D eigenvalue weighted by molar-refractivity contribution is -0.122. The SMILES string of the molecule is Cc1csc([C@H](Cc2ccsc2)NC(=O)CCn2ccnc2)n1. The number of carbonyl (C=O) groups excluding carboxylic acids is 1. The third-order valence-corrected chi connectivity index (χ3v) is 5.25. The number of nitrogens with one attached hydrogen (secondary N) is 1. The van der Waals surface area contributed by atoms with Crippen molar-refractivity contribution in [2.75, 3.05) is 0 Å². The highest BCUT2D eigenvalue weighted by Crippen LogP contribution is 2.23. The number of rotatable bonds is 7. The predicted octanol–water partition coefficient (Wildman–Crippen LogP) is 3.20. The topological polar surface area (TPSA) is 59.8 Å². The van der Waals surface area contributed by atoms with Crippen molar-refractivity contribution >= 4 is 28.6 Å². The molecule has 3 heterocycles. The minimum absolute atomic E-state index is 0.0341. The number of carbonyl (C=O) groups is 1. The highest BCUT2D eigenvalue weighted by molar-refractivity contribution is 7.09. The standard InChI is InChI=1S/C16H18N4OS2/c1-12-9-23-16(18-12)14(8-13-3-7-22-10-13)19-15(21)2-5-20-6-4-17-11-20/h3-4,6-7,9-11,14H,2,5,8H2,1H3,(H,19,21)/t14-/m0/s1. The average Bonchev–Trinajstić information content (AvgIpc) is 3.27. The van der Waals surface area contributed by atoms with Gasteiger partial charge in [-0.25, -0.2) is 9.97 Å². The lowest BCUT2D eigenvalue weighted by Crippen LogP contribution is -2.30. The van der Waals surface area contributed by atoms with Gasteiger partial charge in [0.15, 0.2) is 0 Å². The van der Waals surface area contributed by atoms with Gasteiger partial charge >= 0.3 is 0 Å². The Hall–Kier alpha value is -1.99. The van der Waals surface area contributed by atoms with Crippen LogP contribution in [0.3, 0.4) is 0 Å². The van der Waals surface area contributed by atoms with E-state index in [0.29, 0.717) is 13.0 Å². The molecular weight excluding hydrogens is 328 g/mol. The van der Waals surface area contributed by atoms with Crippen LogP contribution >= 0.6 is 22.7 Å². The Balaban J connectivity index is 1.64. The highest BCUT2D eigenvalue weighted by Gasteiger charge is 2.18. The molecule has 0 spiro atoms. The van der Waals surface area contributed by atoms with E-state index in [1.54, 1.807) is 35.2 Å². The van der Waals surface area contributed by atoms with Crippen LogP contribution in [0.1, 0.15) is 28.7 Å². The van der Waals surface area contributed by atoms with Crippen molar-refractivity contribution in [3.8, 4) is 0 Å². The van der Waals surface area contributed by atoms with Gasteiger partial charge in [0.05, 0.1) is 12.4 Å². The molecule has 3 rings (SSSR count). The number of hydrogen-bond donors (Lipinski definition) is 1. The molecule has 3 aromatic heterocycles. The Morgan fingerprint density at radius 2 is 2.35 bits per heavy atom. The second-order valence-electron chi connectivity index (χ2n) is 5.33.